The van der Waals surface area contributed by atoms with Crippen molar-refractivity contribution >= 4 is 5.97 Å². The summed E-state index contributed by atoms with van der Waals surface area (Å²) in [6.45, 7) is 1.94. The van der Waals surface area contributed by atoms with Crippen molar-refractivity contribution < 1.29 is 27.4 Å². The number of para-hydroxylation sites is 1. The van der Waals surface area contributed by atoms with E-state index in [-0.39, 0.29) is 0 Å². The summed E-state index contributed by atoms with van der Waals surface area (Å²) in [6.07, 6.45) is -4.40. The van der Waals surface area contributed by atoms with Crippen LogP contribution >= 0.6 is 0 Å². The Kier molecular flexibility index (Phi) is 5.07. The fourth-order valence-corrected chi connectivity index (χ4v) is 3.31. The van der Waals surface area contributed by atoms with E-state index in [1.165, 1.54) is 12.1 Å². The van der Waals surface area contributed by atoms with Crippen LogP contribution in [0.15, 0.2) is 54.6 Å². The van der Waals surface area contributed by atoms with Gasteiger partial charge in [0.15, 0.2) is 0 Å². The number of nitriles is 1. The summed E-state index contributed by atoms with van der Waals surface area (Å²) in [5.41, 5.74) is -4.22. The van der Waals surface area contributed by atoms with Gasteiger partial charge in [-0.3, -0.25) is 4.79 Å². The second kappa shape index (κ2) is 7.19. The van der Waals surface area contributed by atoms with Gasteiger partial charge in [-0.05, 0) is 31.2 Å². The SMILES string of the molecule is CC1(F)C(C(=O)OC(C#N)c2cccc(Oc3ccccc3)c2)C1(C)C(F)F. The molecule has 146 valence electrons. The molecule has 0 aliphatic heterocycles. The van der Waals surface area contributed by atoms with Crippen LogP contribution in [0.5, 0.6) is 11.5 Å². The first-order valence-corrected chi connectivity index (χ1v) is 8.62. The van der Waals surface area contributed by atoms with Crippen LogP contribution in [0.4, 0.5) is 13.2 Å². The molecule has 1 saturated carbocycles. The Morgan fingerprint density at radius 2 is 1.75 bits per heavy atom. The highest BCUT2D eigenvalue weighted by Gasteiger charge is 2.81. The molecule has 3 rings (SSSR count). The summed E-state index contributed by atoms with van der Waals surface area (Å²) >= 11 is 0. The van der Waals surface area contributed by atoms with Gasteiger partial charge in [0, 0.05) is 5.56 Å². The van der Waals surface area contributed by atoms with E-state index >= 15 is 0 Å². The summed E-state index contributed by atoms with van der Waals surface area (Å²) < 4.78 is 51.5. The fourth-order valence-electron chi connectivity index (χ4n) is 3.31. The van der Waals surface area contributed by atoms with Gasteiger partial charge in [-0.25, -0.2) is 13.2 Å². The summed E-state index contributed by atoms with van der Waals surface area (Å²) in [4.78, 5) is 12.3. The molecular formula is C21H18F3NO3. The normalized spacial score (nSPS) is 27.0. The van der Waals surface area contributed by atoms with Crippen molar-refractivity contribution in [3.05, 3.63) is 60.2 Å². The highest BCUT2D eigenvalue weighted by Crippen LogP contribution is 2.68. The molecule has 0 N–H and O–H groups in total. The Labute approximate surface area is 160 Å². The van der Waals surface area contributed by atoms with Crippen LogP contribution in [0, 0.1) is 22.7 Å². The molecule has 0 bridgehead atoms. The van der Waals surface area contributed by atoms with Gasteiger partial charge in [0.1, 0.15) is 29.2 Å². The number of halogens is 3. The van der Waals surface area contributed by atoms with Crippen molar-refractivity contribution in [2.75, 3.05) is 0 Å². The predicted octanol–water partition coefficient (Wildman–Crippen LogP) is 5.22. The number of carbonyl (C=O) groups is 1. The Hall–Kier alpha value is -3.01. The van der Waals surface area contributed by atoms with E-state index in [0.29, 0.717) is 17.1 Å². The number of ether oxygens (including phenoxy) is 2. The molecule has 4 nitrogen and oxygen atoms in total. The van der Waals surface area contributed by atoms with E-state index in [9.17, 15) is 23.2 Å². The lowest BCUT2D eigenvalue weighted by molar-refractivity contribution is -0.151. The lowest BCUT2D eigenvalue weighted by Gasteiger charge is -2.14. The van der Waals surface area contributed by atoms with Crippen molar-refractivity contribution in [3.63, 3.8) is 0 Å². The third-order valence-corrected chi connectivity index (χ3v) is 5.29. The number of carbonyl (C=O) groups excluding carboxylic acids is 1. The molecule has 4 unspecified atom stereocenters. The standard InChI is InChI=1S/C21H18F3NO3/c1-20(19(22)23)17(21(20,2)24)18(26)28-16(12-25)13-7-6-10-15(11-13)27-14-8-4-3-5-9-14/h3-11,16-17,19H,1-2H3. The molecule has 1 aliphatic rings. The van der Waals surface area contributed by atoms with Crippen molar-refractivity contribution in [3.8, 4) is 17.6 Å². The van der Waals surface area contributed by atoms with Crippen LogP contribution in [0.2, 0.25) is 0 Å². The van der Waals surface area contributed by atoms with E-state index in [4.69, 9.17) is 9.47 Å². The molecule has 2 aromatic rings. The molecule has 0 aromatic heterocycles. The topological polar surface area (TPSA) is 59.3 Å². The molecule has 0 amide bonds. The van der Waals surface area contributed by atoms with Gasteiger partial charge >= 0.3 is 5.97 Å². The molecule has 7 heteroatoms. The molecule has 1 fully saturated rings. The van der Waals surface area contributed by atoms with Gasteiger partial charge in [0.2, 0.25) is 12.5 Å². The minimum atomic E-state index is -3.02. The van der Waals surface area contributed by atoms with Crippen LogP contribution in [0.25, 0.3) is 0 Å². The van der Waals surface area contributed by atoms with Crippen LogP contribution in [0.3, 0.4) is 0 Å². The molecule has 28 heavy (non-hydrogen) atoms. The Balaban J connectivity index is 1.75. The summed E-state index contributed by atoms with van der Waals surface area (Å²) in [5.74, 6) is -1.81. The van der Waals surface area contributed by atoms with E-state index in [1.54, 1.807) is 42.5 Å². The molecule has 0 spiro atoms. The van der Waals surface area contributed by atoms with Crippen LogP contribution in [-0.4, -0.2) is 18.1 Å². The Morgan fingerprint density at radius 1 is 1.11 bits per heavy atom. The molecule has 0 saturated heterocycles. The highest BCUT2D eigenvalue weighted by molar-refractivity contribution is 5.80. The van der Waals surface area contributed by atoms with Gasteiger partial charge in [-0.15, -0.1) is 0 Å². The zero-order valence-electron chi connectivity index (χ0n) is 15.2. The largest absolute Gasteiger partial charge is 0.457 e. The second-order valence-corrected chi connectivity index (χ2v) is 7.03. The third kappa shape index (κ3) is 3.31. The van der Waals surface area contributed by atoms with Gasteiger partial charge in [0.05, 0.1) is 5.41 Å². The van der Waals surface area contributed by atoms with Crippen LogP contribution < -0.4 is 4.74 Å². The average molecular weight is 389 g/mol. The molecule has 2 aromatic carbocycles. The molecule has 4 atom stereocenters. The van der Waals surface area contributed by atoms with Crippen LogP contribution in [0.1, 0.15) is 25.5 Å². The molecule has 0 heterocycles. The molecule has 0 radical (unpaired) electrons. The number of esters is 1. The maximum Gasteiger partial charge on any atom is 0.314 e. The first kappa shape index (κ1) is 19.7. The maximum atomic E-state index is 14.4. The smallest absolute Gasteiger partial charge is 0.314 e. The van der Waals surface area contributed by atoms with Gasteiger partial charge in [0.25, 0.3) is 0 Å². The number of nitrogens with zero attached hydrogens (tertiary/aromatic N) is 1. The third-order valence-electron chi connectivity index (χ3n) is 5.29. The molecule has 1 aliphatic carbocycles. The zero-order valence-corrected chi connectivity index (χ0v) is 15.2. The van der Waals surface area contributed by atoms with E-state index in [2.05, 4.69) is 0 Å². The summed E-state index contributed by atoms with van der Waals surface area (Å²) in [5, 5.41) is 9.37. The summed E-state index contributed by atoms with van der Waals surface area (Å²) in [7, 11) is 0. The highest BCUT2D eigenvalue weighted by atomic mass is 19.3. The quantitative estimate of drug-likeness (QED) is 0.636. The first-order chi connectivity index (χ1) is 13.2. The minimum Gasteiger partial charge on any atom is -0.457 e. The van der Waals surface area contributed by atoms with Crippen LogP contribution in [-0.2, 0) is 9.53 Å². The predicted molar refractivity (Wildman–Crippen MR) is 94.5 cm³/mol. The molecular weight excluding hydrogens is 371 g/mol. The zero-order chi connectivity index (χ0) is 20.5. The van der Waals surface area contributed by atoms with E-state index < -0.39 is 35.5 Å². The minimum absolute atomic E-state index is 0.296. The van der Waals surface area contributed by atoms with E-state index in [0.717, 1.165) is 13.8 Å². The number of hydrogen-bond donors (Lipinski definition) is 0. The van der Waals surface area contributed by atoms with E-state index in [1.807, 2.05) is 6.07 Å². The number of benzene rings is 2. The lowest BCUT2D eigenvalue weighted by Crippen LogP contribution is -2.19. The number of rotatable bonds is 6. The van der Waals surface area contributed by atoms with Crippen molar-refractivity contribution in [1.82, 2.24) is 0 Å². The number of hydrogen-bond acceptors (Lipinski definition) is 4. The Morgan fingerprint density at radius 3 is 2.32 bits per heavy atom. The second-order valence-electron chi connectivity index (χ2n) is 7.03. The van der Waals surface area contributed by atoms with Crippen molar-refractivity contribution in [2.45, 2.75) is 32.0 Å². The van der Waals surface area contributed by atoms with Crippen molar-refractivity contribution in [1.29, 1.82) is 5.26 Å². The fraction of sp³-hybridized carbons (Fsp3) is 0.333. The Bertz CT molecular complexity index is 911. The number of alkyl halides is 3. The van der Waals surface area contributed by atoms with Gasteiger partial charge in [-0.1, -0.05) is 37.3 Å². The van der Waals surface area contributed by atoms with Gasteiger partial charge < -0.3 is 9.47 Å². The maximum absolute atomic E-state index is 14.4. The monoisotopic (exact) mass is 389 g/mol. The first-order valence-electron chi connectivity index (χ1n) is 8.62. The van der Waals surface area contributed by atoms with Crippen molar-refractivity contribution in [2.24, 2.45) is 11.3 Å². The average Bonchev–Trinajstić information content (AvgIpc) is 3.14. The summed E-state index contributed by atoms with van der Waals surface area (Å²) in [6, 6.07) is 17.0. The lowest BCUT2D eigenvalue weighted by atomic mass is 10.1. The van der Waals surface area contributed by atoms with Gasteiger partial charge in [-0.2, -0.15) is 5.26 Å².